The Morgan fingerprint density at radius 1 is 1.46 bits per heavy atom. The van der Waals surface area contributed by atoms with Gasteiger partial charge in [0.1, 0.15) is 12.7 Å². The molecule has 2 heterocycles. The maximum Gasteiger partial charge on any atom is 0.305 e. The smallest absolute Gasteiger partial charge is 0.305 e. The van der Waals surface area contributed by atoms with Crippen LogP contribution in [-0.2, 0) is 9.53 Å². The third-order valence-corrected chi connectivity index (χ3v) is 4.10. The van der Waals surface area contributed by atoms with Gasteiger partial charge < -0.3 is 15.2 Å². The Morgan fingerprint density at radius 3 is 2.88 bits per heavy atom. The second-order valence-electron chi connectivity index (χ2n) is 5.95. The fourth-order valence-electron chi connectivity index (χ4n) is 2.88. The van der Waals surface area contributed by atoms with E-state index in [1.807, 2.05) is 6.92 Å². The van der Waals surface area contributed by atoms with Gasteiger partial charge in [0.2, 0.25) is 0 Å². The van der Waals surface area contributed by atoms with Gasteiger partial charge in [-0.1, -0.05) is 0 Å². The van der Waals surface area contributed by atoms with Crippen molar-refractivity contribution in [3.05, 3.63) is 42.0 Å². The minimum absolute atomic E-state index is 0.158. The third kappa shape index (κ3) is 3.28. The number of aliphatic carboxylic acids is 1. The van der Waals surface area contributed by atoms with Gasteiger partial charge in [0.05, 0.1) is 24.3 Å². The summed E-state index contributed by atoms with van der Waals surface area (Å²) in [6, 6.07) is 5.22. The highest BCUT2D eigenvalue weighted by atomic mass is 16.5. The zero-order valence-electron chi connectivity index (χ0n) is 13.2. The Hall–Kier alpha value is -2.74. The first-order valence-electron chi connectivity index (χ1n) is 7.57. The van der Waals surface area contributed by atoms with E-state index in [0.29, 0.717) is 18.6 Å². The highest BCUT2D eigenvalue weighted by molar-refractivity contribution is 5.95. The van der Waals surface area contributed by atoms with Crippen molar-refractivity contribution in [1.29, 1.82) is 0 Å². The largest absolute Gasteiger partial charge is 0.481 e. The number of ether oxygens (including phenoxy) is 1. The summed E-state index contributed by atoms with van der Waals surface area (Å²) in [7, 11) is 0. The number of benzene rings is 1. The topological polar surface area (TPSA) is 106 Å². The van der Waals surface area contributed by atoms with Crippen molar-refractivity contribution in [2.75, 3.05) is 13.2 Å². The van der Waals surface area contributed by atoms with E-state index < -0.39 is 11.5 Å². The molecule has 0 bridgehead atoms. The summed E-state index contributed by atoms with van der Waals surface area (Å²) < 4.78 is 6.91. The van der Waals surface area contributed by atoms with Crippen LogP contribution in [0.2, 0.25) is 0 Å². The van der Waals surface area contributed by atoms with Gasteiger partial charge in [-0.05, 0) is 37.1 Å². The van der Waals surface area contributed by atoms with Crippen LogP contribution in [0.25, 0.3) is 5.69 Å². The highest BCUT2D eigenvalue weighted by Gasteiger charge is 2.38. The van der Waals surface area contributed by atoms with Crippen LogP contribution in [0.5, 0.6) is 0 Å². The normalized spacial score (nSPS) is 20.0. The van der Waals surface area contributed by atoms with Gasteiger partial charge in [-0.25, -0.2) is 9.67 Å². The minimum Gasteiger partial charge on any atom is -0.481 e. The lowest BCUT2D eigenvalue weighted by Crippen LogP contribution is -2.50. The standard InChI is InChI=1S/C16H18N4O4/c1-11-6-12(2-3-13(11)20-10-17-9-18-20)15(23)19-16(7-14(21)22)4-5-24-8-16/h2-3,6,9-10H,4-5,7-8H2,1H3,(H,19,23)(H,21,22). The molecule has 3 rings (SSSR count). The van der Waals surface area contributed by atoms with Crippen LogP contribution in [0.4, 0.5) is 0 Å². The number of rotatable bonds is 5. The molecule has 0 aliphatic carbocycles. The van der Waals surface area contributed by atoms with Crippen LogP contribution >= 0.6 is 0 Å². The molecular formula is C16H18N4O4. The number of amides is 1. The average molecular weight is 330 g/mol. The summed E-state index contributed by atoms with van der Waals surface area (Å²) >= 11 is 0. The van der Waals surface area contributed by atoms with Gasteiger partial charge in [-0.2, -0.15) is 5.10 Å². The number of aromatic nitrogens is 3. The second-order valence-corrected chi connectivity index (χ2v) is 5.95. The molecule has 126 valence electrons. The quantitative estimate of drug-likeness (QED) is 0.845. The van der Waals surface area contributed by atoms with Crippen LogP contribution < -0.4 is 5.32 Å². The predicted molar refractivity (Wildman–Crippen MR) is 84.0 cm³/mol. The Balaban J connectivity index is 1.80. The number of aryl methyl sites for hydroxylation is 1. The molecule has 2 aromatic rings. The van der Waals surface area contributed by atoms with E-state index in [1.165, 1.54) is 6.33 Å². The monoisotopic (exact) mass is 330 g/mol. The number of carbonyl (C=O) groups is 2. The van der Waals surface area contributed by atoms with Crippen LogP contribution in [0.3, 0.4) is 0 Å². The van der Waals surface area contributed by atoms with Crippen molar-refractivity contribution in [2.24, 2.45) is 0 Å². The van der Waals surface area contributed by atoms with E-state index in [9.17, 15) is 9.59 Å². The molecule has 1 amide bonds. The van der Waals surface area contributed by atoms with Crippen LogP contribution in [0, 0.1) is 6.92 Å². The maximum absolute atomic E-state index is 12.5. The summed E-state index contributed by atoms with van der Waals surface area (Å²) in [5.41, 5.74) is 1.31. The highest BCUT2D eigenvalue weighted by Crippen LogP contribution is 2.24. The first kappa shape index (κ1) is 16.1. The first-order chi connectivity index (χ1) is 11.5. The lowest BCUT2D eigenvalue weighted by atomic mass is 9.93. The van der Waals surface area contributed by atoms with Crippen LogP contribution in [-0.4, -0.2) is 50.5 Å². The molecule has 1 fully saturated rings. The molecule has 1 aliphatic rings. The molecule has 1 saturated heterocycles. The molecule has 0 radical (unpaired) electrons. The van der Waals surface area contributed by atoms with E-state index in [2.05, 4.69) is 15.4 Å². The number of hydrogen-bond donors (Lipinski definition) is 2. The van der Waals surface area contributed by atoms with Gasteiger partial charge in [0.15, 0.2) is 0 Å². The molecular weight excluding hydrogens is 312 g/mol. The lowest BCUT2D eigenvalue weighted by molar-refractivity contribution is -0.138. The molecule has 0 spiro atoms. The number of carboxylic acid groups (broad SMARTS) is 1. The number of nitrogens with one attached hydrogen (secondary N) is 1. The molecule has 24 heavy (non-hydrogen) atoms. The number of carbonyl (C=O) groups excluding carboxylic acids is 1. The summed E-state index contributed by atoms with van der Waals surface area (Å²) in [6.07, 6.45) is 3.35. The lowest BCUT2D eigenvalue weighted by Gasteiger charge is -2.27. The molecule has 8 nitrogen and oxygen atoms in total. The number of hydrogen-bond acceptors (Lipinski definition) is 5. The molecule has 1 atom stereocenters. The maximum atomic E-state index is 12.5. The number of carboxylic acids is 1. The zero-order valence-corrected chi connectivity index (χ0v) is 13.2. The average Bonchev–Trinajstić information content (AvgIpc) is 3.18. The Morgan fingerprint density at radius 2 is 2.29 bits per heavy atom. The van der Waals surface area contributed by atoms with Crippen molar-refractivity contribution in [3.8, 4) is 5.69 Å². The predicted octanol–water partition coefficient (Wildman–Crippen LogP) is 0.939. The van der Waals surface area contributed by atoms with Gasteiger partial charge in [-0.15, -0.1) is 0 Å². The third-order valence-electron chi connectivity index (χ3n) is 4.10. The Labute approximate surface area is 138 Å². The summed E-state index contributed by atoms with van der Waals surface area (Å²) in [5.74, 6) is -1.27. The van der Waals surface area contributed by atoms with Crippen molar-refractivity contribution in [3.63, 3.8) is 0 Å². The number of nitrogens with zero attached hydrogens (tertiary/aromatic N) is 3. The molecule has 8 heteroatoms. The fourth-order valence-corrected chi connectivity index (χ4v) is 2.88. The van der Waals surface area contributed by atoms with Crippen molar-refractivity contribution in [2.45, 2.75) is 25.3 Å². The molecule has 1 aliphatic heterocycles. The molecule has 1 aromatic carbocycles. The Bertz CT molecular complexity index is 751. The van der Waals surface area contributed by atoms with E-state index in [1.54, 1.807) is 29.2 Å². The summed E-state index contributed by atoms with van der Waals surface area (Å²) in [5, 5.41) is 16.0. The first-order valence-corrected chi connectivity index (χ1v) is 7.57. The molecule has 1 aromatic heterocycles. The van der Waals surface area contributed by atoms with E-state index in [-0.39, 0.29) is 18.9 Å². The van der Waals surface area contributed by atoms with Gasteiger partial charge in [-0.3, -0.25) is 9.59 Å². The van der Waals surface area contributed by atoms with Gasteiger partial charge >= 0.3 is 5.97 Å². The summed E-state index contributed by atoms with van der Waals surface area (Å²) in [4.78, 5) is 27.5. The Kier molecular flexibility index (Phi) is 4.30. The van der Waals surface area contributed by atoms with Gasteiger partial charge in [0, 0.05) is 12.2 Å². The molecule has 1 unspecified atom stereocenters. The van der Waals surface area contributed by atoms with E-state index >= 15 is 0 Å². The summed E-state index contributed by atoms with van der Waals surface area (Å²) in [6.45, 7) is 2.53. The van der Waals surface area contributed by atoms with Crippen LogP contribution in [0.15, 0.2) is 30.9 Å². The van der Waals surface area contributed by atoms with Gasteiger partial charge in [0.25, 0.3) is 5.91 Å². The van der Waals surface area contributed by atoms with Crippen molar-refractivity contribution < 1.29 is 19.4 Å². The van der Waals surface area contributed by atoms with E-state index in [0.717, 1.165) is 11.3 Å². The van der Waals surface area contributed by atoms with E-state index in [4.69, 9.17) is 9.84 Å². The second kappa shape index (κ2) is 6.40. The molecule has 2 N–H and O–H groups in total. The fraction of sp³-hybridized carbons (Fsp3) is 0.375. The van der Waals surface area contributed by atoms with Crippen LogP contribution in [0.1, 0.15) is 28.8 Å². The zero-order chi connectivity index (χ0) is 17.2. The minimum atomic E-state index is -0.960. The van der Waals surface area contributed by atoms with Crippen molar-refractivity contribution in [1.82, 2.24) is 20.1 Å². The van der Waals surface area contributed by atoms with Crippen molar-refractivity contribution >= 4 is 11.9 Å². The SMILES string of the molecule is Cc1cc(C(=O)NC2(CC(=O)O)CCOC2)ccc1-n1cncn1. The molecule has 0 saturated carbocycles.